The Morgan fingerprint density at radius 1 is 1.44 bits per heavy atom. The molecule has 0 unspecified atom stereocenters. The molecule has 0 bridgehead atoms. The van der Waals surface area contributed by atoms with Crippen molar-refractivity contribution in [1.82, 2.24) is 14.8 Å². The number of rotatable bonds is 5. The molecule has 2 aromatic rings. The molecule has 0 saturated carbocycles. The summed E-state index contributed by atoms with van der Waals surface area (Å²) in [5, 5.41) is 16.1. The average molecular weight is 359 g/mol. The Hall–Kier alpha value is -3.38. The van der Waals surface area contributed by atoms with Gasteiger partial charge in [-0.1, -0.05) is 0 Å². The van der Waals surface area contributed by atoms with Crippen LogP contribution in [0.2, 0.25) is 0 Å². The van der Waals surface area contributed by atoms with Crippen LogP contribution in [0.25, 0.3) is 0 Å². The number of nitrogens with zero attached hydrogens (tertiary/aromatic N) is 5. The van der Waals surface area contributed by atoms with Crippen LogP contribution in [-0.2, 0) is 17.6 Å². The molecule has 2 heterocycles. The van der Waals surface area contributed by atoms with Gasteiger partial charge < -0.3 is 0 Å². The van der Waals surface area contributed by atoms with Crippen molar-refractivity contribution in [3.8, 4) is 0 Å². The summed E-state index contributed by atoms with van der Waals surface area (Å²) in [4.78, 5) is 38.5. The maximum atomic E-state index is 12.9. The van der Waals surface area contributed by atoms with E-state index >= 15 is 0 Å². The van der Waals surface area contributed by atoms with E-state index in [0.29, 0.717) is 0 Å². The second kappa shape index (κ2) is 6.62. The Bertz CT molecular complexity index is 831. The highest BCUT2D eigenvalue weighted by molar-refractivity contribution is 5.88. The van der Waals surface area contributed by atoms with Gasteiger partial charge in [0.1, 0.15) is 5.69 Å². The van der Waals surface area contributed by atoms with Crippen LogP contribution in [0.15, 0.2) is 23.7 Å². The molecule has 10 nitrogen and oxygen atoms in total. The normalized spacial score (nSPS) is 11.2. The molecule has 0 amide bonds. The number of alkyl halides is 3. The minimum absolute atomic E-state index is 0.109. The van der Waals surface area contributed by atoms with Crippen LogP contribution in [0.3, 0.4) is 0 Å². The standard InChI is InChI=1S/C12H8F3N5O5/c1-6-9(20(23)24)10(12(13,14)15)17-19(6)5-8-3-2-7(4-16-8)11(21)25-18-22/h2-4H,5H2,1H3. The molecule has 0 aliphatic carbocycles. The van der Waals surface area contributed by atoms with Crippen molar-refractivity contribution in [2.45, 2.75) is 19.6 Å². The Morgan fingerprint density at radius 2 is 2.12 bits per heavy atom. The summed E-state index contributed by atoms with van der Waals surface area (Å²) < 4.78 is 39.4. The maximum absolute atomic E-state index is 12.9. The Labute approximate surface area is 136 Å². The fourth-order valence-electron chi connectivity index (χ4n) is 1.98. The molecule has 0 atom stereocenters. The fraction of sp³-hybridized carbons (Fsp3) is 0.250. The first-order valence-electron chi connectivity index (χ1n) is 6.43. The van der Waals surface area contributed by atoms with Crippen LogP contribution in [0.5, 0.6) is 0 Å². The van der Waals surface area contributed by atoms with E-state index in [-0.39, 0.29) is 23.5 Å². The van der Waals surface area contributed by atoms with Crippen LogP contribution < -0.4 is 0 Å². The van der Waals surface area contributed by atoms with Crippen molar-refractivity contribution >= 4 is 11.7 Å². The van der Waals surface area contributed by atoms with Gasteiger partial charge in [0.05, 0.1) is 22.7 Å². The van der Waals surface area contributed by atoms with Crippen molar-refractivity contribution in [2.24, 2.45) is 5.34 Å². The van der Waals surface area contributed by atoms with Gasteiger partial charge in [-0.25, -0.2) is 4.79 Å². The SMILES string of the molecule is Cc1c([N+](=O)[O-])c(C(F)(F)F)nn1Cc1ccc(C(=O)ON=O)cn1. The summed E-state index contributed by atoms with van der Waals surface area (Å²) in [5.41, 5.74) is -2.97. The Balaban J connectivity index is 2.33. The van der Waals surface area contributed by atoms with Crippen molar-refractivity contribution in [3.05, 3.63) is 56.0 Å². The zero-order valence-corrected chi connectivity index (χ0v) is 12.4. The van der Waals surface area contributed by atoms with Crippen LogP contribution in [0, 0.1) is 21.9 Å². The third-order valence-electron chi connectivity index (χ3n) is 3.12. The van der Waals surface area contributed by atoms with E-state index in [1.165, 1.54) is 12.1 Å². The summed E-state index contributed by atoms with van der Waals surface area (Å²) in [6, 6.07) is 2.47. The number of aromatic nitrogens is 3. The molecule has 0 aliphatic heterocycles. The highest BCUT2D eigenvalue weighted by Gasteiger charge is 2.44. The monoisotopic (exact) mass is 359 g/mol. The second-order valence-electron chi connectivity index (χ2n) is 4.69. The van der Waals surface area contributed by atoms with E-state index < -0.39 is 28.5 Å². The van der Waals surface area contributed by atoms with Crippen LogP contribution >= 0.6 is 0 Å². The Morgan fingerprint density at radius 3 is 2.56 bits per heavy atom. The van der Waals surface area contributed by atoms with Gasteiger partial charge in [-0.15, -0.1) is 4.91 Å². The maximum Gasteiger partial charge on any atom is 0.442 e. The molecule has 25 heavy (non-hydrogen) atoms. The Kier molecular flexibility index (Phi) is 4.76. The van der Waals surface area contributed by atoms with Crippen LogP contribution in [-0.4, -0.2) is 25.7 Å². The van der Waals surface area contributed by atoms with E-state index in [9.17, 15) is 33.0 Å². The number of carbonyl (C=O) groups is 1. The number of hydrogen-bond acceptors (Lipinski definition) is 8. The minimum Gasteiger partial charge on any atom is -0.279 e. The minimum atomic E-state index is -4.98. The van der Waals surface area contributed by atoms with Crippen molar-refractivity contribution in [3.63, 3.8) is 0 Å². The van der Waals surface area contributed by atoms with Gasteiger partial charge in [-0.2, -0.15) is 18.3 Å². The quantitative estimate of drug-likeness (QED) is 0.455. The van der Waals surface area contributed by atoms with Gasteiger partial charge in [0.2, 0.25) is 5.69 Å². The highest BCUT2D eigenvalue weighted by Crippen LogP contribution is 2.37. The second-order valence-corrected chi connectivity index (χ2v) is 4.69. The van der Waals surface area contributed by atoms with Gasteiger partial charge in [-0.05, 0) is 19.1 Å². The summed E-state index contributed by atoms with van der Waals surface area (Å²) >= 11 is 0. The molecule has 13 heteroatoms. The highest BCUT2D eigenvalue weighted by atomic mass is 19.4. The van der Waals surface area contributed by atoms with Crippen LogP contribution in [0.1, 0.15) is 27.4 Å². The van der Waals surface area contributed by atoms with Gasteiger partial charge in [0.25, 0.3) is 0 Å². The molecular formula is C12H8F3N5O5. The number of hydrogen-bond donors (Lipinski definition) is 0. The smallest absolute Gasteiger partial charge is 0.279 e. The largest absolute Gasteiger partial charge is 0.442 e. The molecule has 2 rings (SSSR count). The summed E-state index contributed by atoms with van der Waals surface area (Å²) in [6.07, 6.45) is -3.97. The lowest BCUT2D eigenvalue weighted by atomic mass is 10.2. The average Bonchev–Trinajstić information content (AvgIpc) is 2.85. The molecule has 0 spiro atoms. The summed E-state index contributed by atoms with van der Waals surface area (Å²) in [5.74, 6) is -1.06. The third-order valence-corrected chi connectivity index (χ3v) is 3.12. The predicted molar refractivity (Wildman–Crippen MR) is 73.2 cm³/mol. The van der Waals surface area contributed by atoms with Gasteiger partial charge in [0, 0.05) is 6.20 Å². The van der Waals surface area contributed by atoms with Gasteiger partial charge in [0.15, 0.2) is 5.34 Å². The number of halogens is 3. The van der Waals surface area contributed by atoms with Gasteiger partial charge in [-0.3, -0.25) is 24.6 Å². The van der Waals surface area contributed by atoms with Gasteiger partial charge >= 0.3 is 17.8 Å². The first-order valence-corrected chi connectivity index (χ1v) is 6.43. The first-order chi connectivity index (χ1) is 11.6. The molecule has 0 radical (unpaired) electrons. The molecule has 0 N–H and O–H groups in total. The molecular weight excluding hydrogens is 351 g/mol. The molecule has 0 saturated heterocycles. The van der Waals surface area contributed by atoms with Crippen molar-refractivity contribution in [2.75, 3.05) is 0 Å². The topological polar surface area (TPSA) is 130 Å². The van der Waals surface area contributed by atoms with Crippen LogP contribution in [0.4, 0.5) is 18.9 Å². The fourth-order valence-corrected chi connectivity index (χ4v) is 1.98. The lowest BCUT2D eigenvalue weighted by Gasteiger charge is -2.04. The predicted octanol–water partition coefficient (Wildman–Crippen LogP) is 2.40. The first kappa shape index (κ1) is 18.0. The molecule has 0 aliphatic rings. The van der Waals surface area contributed by atoms with Crippen molar-refractivity contribution in [1.29, 1.82) is 0 Å². The van der Waals surface area contributed by atoms with E-state index in [4.69, 9.17) is 0 Å². The summed E-state index contributed by atoms with van der Waals surface area (Å²) in [6.45, 7) is 0.825. The zero-order chi connectivity index (χ0) is 18.8. The lowest BCUT2D eigenvalue weighted by Crippen LogP contribution is -2.10. The molecule has 2 aromatic heterocycles. The summed E-state index contributed by atoms with van der Waals surface area (Å²) in [7, 11) is 0. The molecule has 0 fully saturated rings. The lowest BCUT2D eigenvalue weighted by molar-refractivity contribution is -0.388. The number of carbonyl (C=O) groups excluding carboxylic acids is 1. The molecule has 132 valence electrons. The molecule has 0 aromatic carbocycles. The number of nitro groups is 1. The van der Waals surface area contributed by atoms with E-state index in [0.717, 1.165) is 17.8 Å². The zero-order valence-electron chi connectivity index (χ0n) is 12.4. The van der Waals surface area contributed by atoms with E-state index in [1.54, 1.807) is 0 Å². The van der Waals surface area contributed by atoms with E-state index in [2.05, 4.69) is 14.9 Å². The van der Waals surface area contributed by atoms with E-state index in [1.807, 2.05) is 5.34 Å². The van der Waals surface area contributed by atoms with Crippen molar-refractivity contribution < 1.29 is 27.7 Å². The third kappa shape index (κ3) is 3.76. The number of pyridine rings is 1.